The fourth-order valence-electron chi connectivity index (χ4n) is 1.66. The van der Waals surface area contributed by atoms with Crippen LogP contribution in [0.15, 0.2) is 0 Å². The topological polar surface area (TPSA) is 66.2 Å². The number of carboxylic acid groups (broad SMARTS) is 1. The van der Waals surface area contributed by atoms with Gasteiger partial charge in [-0.2, -0.15) is 0 Å². The standard InChI is InChI=1S/C12H25NO2.Na/c1-3-4-5-6-7-8-9-10(2)11(13)12(14)15;/h10-11H,3-9,13H2,1-2H3,(H,14,15);/q;+1/p-1. The second-order valence-electron chi connectivity index (χ2n) is 4.38. The van der Waals surface area contributed by atoms with E-state index >= 15 is 0 Å². The smallest absolute Gasteiger partial charge is 0.548 e. The first-order valence-corrected chi connectivity index (χ1v) is 6.06. The summed E-state index contributed by atoms with van der Waals surface area (Å²) in [5.74, 6) is -1.10. The Bertz CT molecular complexity index is 176. The third-order valence-corrected chi connectivity index (χ3v) is 2.90. The average Bonchev–Trinajstić information content (AvgIpc) is 2.21. The summed E-state index contributed by atoms with van der Waals surface area (Å²) in [6, 6.07) is -0.805. The summed E-state index contributed by atoms with van der Waals surface area (Å²) in [6.45, 7) is 4.08. The molecular weight excluding hydrogens is 213 g/mol. The van der Waals surface area contributed by atoms with E-state index in [0.29, 0.717) is 0 Å². The molecule has 2 atom stereocenters. The van der Waals surface area contributed by atoms with Crippen LogP contribution in [0.25, 0.3) is 0 Å². The van der Waals surface area contributed by atoms with Crippen molar-refractivity contribution >= 4 is 5.97 Å². The van der Waals surface area contributed by atoms with E-state index in [-0.39, 0.29) is 35.5 Å². The molecule has 0 aromatic heterocycles. The zero-order valence-electron chi connectivity index (χ0n) is 11.0. The van der Waals surface area contributed by atoms with Gasteiger partial charge in [-0.25, -0.2) is 0 Å². The normalized spacial score (nSPS) is 13.9. The van der Waals surface area contributed by atoms with E-state index in [1.807, 2.05) is 6.92 Å². The fourth-order valence-corrected chi connectivity index (χ4v) is 1.66. The largest absolute Gasteiger partial charge is 1.00 e. The number of aliphatic carboxylic acids is 1. The summed E-state index contributed by atoms with van der Waals surface area (Å²) < 4.78 is 0. The second-order valence-corrected chi connectivity index (χ2v) is 4.38. The maximum absolute atomic E-state index is 10.5. The van der Waals surface area contributed by atoms with Gasteiger partial charge in [-0.15, -0.1) is 0 Å². The molecule has 2 unspecified atom stereocenters. The van der Waals surface area contributed by atoms with Crippen LogP contribution >= 0.6 is 0 Å². The van der Waals surface area contributed by atoms with Crippen LogP contribution in [0.3, 0.4) is 0 Å². The Morgan fingerprint density at radius 1 is 1.19 bits per heavy atom. The van der Waals surface area contributed by atoms with E-state index < -0.39 is 12.0 Å². The van der Waals surface area contributed by atoms with Crippen molar-refractivity contribution in [3.8, 4) is 0 Å². The molecule has 0 radical (unpaired) electrons. The van der Waals surface area contributed by atoms with Gasteiger partial charge in [-0.3, -0.25) is 0 Å². The molecule has 0 fully saturated rings. The minimum atomic E-state index is -1.13. The van der Waals surface area contributed by atoms with Crippen molar-refractivity contribution < 1.29 is 39.5 Å². The molecule has 0 aliphatic heterocycles. The molecule has 0 aromatic carbocycles. The van der Waals surface area contributed by atoms with Gasteiger partial charge in [0, 0.05) is 6.04 Å². The quantitative estimate of drug-likeness (QED) is 0.390. The zero-order valence-corrected chi connectivity index (χ0v) is 13.0. The SMILES string of the molecule is CCCCCCCCC(C)C(N)C(=O)[O-].[Na+]. The summed E-state index contributed by atoms with van der Waals surface area (Å²) in [5.41, 5.74) is 5.46. The van der Waals surface area contributed by atoms with Crippen LogP contribution in [0.4, 0.5) is 0 Å². The predicted molar refractivity (Wildman–Crippen MR) is 60.1 cm³/mol. The molecule has 0 aliphatic carbocycles. The molecule has 0 saturated carbocycles. The molecule has 4 heteroatoms. The van der Waals surface area contributed by atoms with Crippen LogP contribution in [0.2, 0.25) is 0 Å². The first-order valence-electron chi connectivity index (χ1n) is 6.06. The third-order valence-electron chi connectivity index (χ3n) is 2.90. The van der Waals surface area contributed by atoms with Crippen molar-refractivity contribution in [2.24, 2.45) is 11.7 Å². The summed E-state index contributed by atoms with van der Waals surface area (Å²) in [4.78, 5) is 10.5. The van der Waals surface area contributed by atoms with Crippen molar-refractivity contribution in [3.05, 3.63) is 0 Å². The summed E-state index contributed by atoms with van der Waals surface area (Å²) in [7, 11) is 0. The van der Waals surface area contributed by atoms with Gasteiger partial charge in [0.25, 0.3) is 0 Å². The van der Waals surface area contributed by atoms with Crippen molar-refractivity contribution in [2.45, 2.75) is 64.8 Å². The van der Waals surface area contributed by atoms with Gasteiger partial charge in [0.2, 0.25) is 0 Å². The predicted octanol–water partition coefficient (Wildman–Crippen LogP) is -1.55. The number of carbonyl (C=O) groups excluding carboxylic acids is 1. The molecular formula is C12H24NNaO2. The van der Waals surface area contributed by atoms with Crippen molar-refractivity contribution in [1.29, 1.82) is 0 Å². The Morgan fingerprint density at radius 2 is 1.69 bits per heavy atom. The molecule has 16 heavy (non-hydrogen) atoms. The first kappa shape index (κ1) is 18.8. The number of unbranched alkanes of at least 4 members (excludes halogenated alkanes) is 5. The molecule has 0 amide bonds. The Morgan fingerprint density at radius 3 is 2.19 bits per heavy atom. The van der Waals surface area contributed by atoms with Gasteiger partial charge in [-0.1, -0.05) is 52.4 Å². The number of hydrogen-bond donors (Lipinski definition) is 1. The van der Waals surface area contributed by atoms with Gasteiger partial charge >= 0.3 is 29.6 Å². The number of carboxylic acids is 1. The first-order chi connectivity index (χ1) is 7.09. The van der Waals surface area contributed by atoms with E-state index in [2.05, 4.69) is 6.92 Å². The number of nitrogens with two attached hydrogens (primary N) is 1. The molecule has 0 heterocycles. The Labute approximate surface area is 121 Å². The number of carbonyl (C=O) groups is 1. The van der Waals surface area contributed by atoms with Gasteiger partial charge in [0.05, 0.1) is 5.97 Å². The molecule has 0 spiro atoms. The molecule has 0 saturated heterocycles. The number of hydrogen-bond acceptors (Lipinski definition) is 3. The summed E-state index contributed by atoms with van der Waals surface area (Å²) >= 11 is 0. The van der Waals surface area contributed by atoms with Crippen molar-refractivity contribution in [3.63, 3.8) is 0 Å². The zero-order chi connectivity index (χ0) is 11.7. The minimum Gasteiger partial charge on any atom is -0.548 e. The van der Waals surface area contributed by atoms with E-state index in [1.54, 1.807) is 0 Å². The summed E-state index contributed by atoms with van der Waals surface area (Å²) in [5, 5.41) is 10.5. The average molecular weight is 237 g/mol. The molecule has 2 N–H and O–H groups in total. The van der Waals surface area contributed by atoms with E-state index in [4.69, 9.17) is 5.73 Å². The number of rotatable bonds is 9. The van der Waals surface area contributed by atoms with Crippen molar-refractivity contribution in [1.82, 2.24) is 0 Å². The maximum atomic E-state index is 10.5. The van der Waals surface area contributed by atoms with Crippen LogP contribution < -0.4 is 40.4 Å². The van der Waals surface area contributed by atoms with Gasteiger partial charge in [0.15, 0.2) is 0 Å². The van der Waals surface area contributed by atoms with Gasteiger partial charge < -0.3 is 15.6 Å². The van der Waals surface area contributed by atoms with E-state index in [1.165, 1.54) is 32.1 Å². The minimum absolute atomic E-state index is 0. The molecule has 0 rings (SSSR count). The Kier molecular flexibility index (Phi) is 14.0. The molecule has 0 bridgehead atoms. The Hall–Kier alpha value is 0.430. The third kappa shape index (κ3) is 9.64. The maximum Gasteiger partial charge on any atom is 1.00 e. The summed E-state index contributed by atoms with van der Waals surface area (Å²) in [6.07, 6.45) is 8.25. The van der Waals surface area contributed by atoms with E-state index in [9.17, 15) is 9.90 Å². The Balaban J connectivity index is 0. The van der Waals surface area contributed by atoms with E-state index in [0.717, 1.165) is 12.8 Å². The van der Waals surface area contributed by atoms with Crippen LogP contribution in [0.1, 0.15) is 58.8 Å². The van der Waals surface area contributed by atoms with Gasteiger partial charge in [-0.05, 0) is 12.3 Å². The van der Waals surface area contributed by atoms with Crippen LogP contribution in [-0.4, -0.2) is 12.0 Å². The molecule has 0 aromatic rings. The monoisotopic (exact) mass is 237 g/mol. The van der Waals surface area contributed by atoms with Crippen LogP contribution in [0.5, 0.6) is 0 Å². The molecule has 0 aliphatic rings. The second kappa shape index (κ2) is 11.9. The molecule has 90 valence electrons. The fraction of sp³-hybridized carbons (Fsp3) is 0.917. The van der Waals surface area contributed by atoms with Crippen LogP contribution in [0, 0.1) is 5.92 Å². The van der Waals surface area contributed by atoms with Gasteiger partial charge in [0.1, 0.15) is 0 Å². The molecule has 3 nitrogen and oxygen atoms in total. The van der Waals surface area contributed by atoms with Crippen molar-refractivity contribution in [2.75, 3.05) is 0 Å². The van der Waals surface area contributed by atoms with Crippen LogP contribution in [-0.2, 0) is 4.79 Å².